The quantitative estimate of drug-likeness (QED) is 0.765. The van der Waals surface area contributed by atoms with E-state index in [0.717, 1.165) is 22.5 Å². The molecule has 0 aliphatic rings. The number of aromatic amines is 1. The number of fused-ring (bicyclic) bond motifs is 1. The molecule has 0 amide bonds. The van der Waals surface area contributed by atoms with Crippen molar-refractivity contribution in [3.8, 4) is 0 Å². The standard InChI is InChI=1S/C12H8ClN3O3S2/c13-9-4-8(5-14-12(9)17)21(18,19)16-7-1-2-10-11(3-7)20-6-15-10/h1-6,16H,(H,14,17). The predicted molar refractivity (Wildman–Crippen MR) is 82.5 cm³/mol. The van der Waals surface area contributed by atoms with Gasteiger partial charge in [-0.1, -0.05) is 11.6 Å². The number of anilines is 1. The van der Waals surface area contributed by atoms with E-state index in [1.165, 1.54) is 11.3 Å². The predicted octanol–water partition coefficient (Wildman–Crippen LogP) is 2.44. The normalized spacial score (nSPS) is 11.7. The molecule has 3 aromatic rings. The minimum Gasteiger partial charge on any atom is -0.326 e. The van der Waals surface area contributed by atoms with Crippen LogP contribution in [0.3, 0.4) is 0 Å². The minimum atomic E-state index is -3.82. The first-order chi connectivity index (χ1) is 9.95. The van der Waals surface area contributed by atoms with E-state index in [0.29, 0.717) is 5.69 Å². The number of rotatable bonds is 3. The Balaban J connectivity index is 1.98. The molecule has 0 atom stereocenters. The van der Waals surface area contributed by atoms with Gasteiger partial charge in [0.1, 0.15) is 9.92 Å². The van der Waals surface area contributed by atoms with E-state index in [1.807, 2.05) is 0 Å². The van der Waals surface area contributed by atoms with Crippen molar-refractivity contribution >= 4 is 48.9 Å². The molecule has 0 unspecified atom stereocenters. The number of benzene rings is 1. The third-order valence-electron chi connectivity index (χ3n) is 2.73. The van der Waals surface area contributed by atoms with Crippen LogP contribution in [0.4, 0.5) is 5.69 Å². The van der Waals surface area contributed by atoms with Crippen LogP contribution >= 0.6 is 22.9 Å². The Morgan fingerprint density at radius 3 is 2.86 bits per heavy atom. The van der Waals surface area contributed by atoms with Crippen molar-refractivity contribution in [1.82, 2.24) is 9.97 Å². The van der Waals surface area contributed by atoms with Crippen LogP contribution in [0.5, 0.6) is 0 Å². The van der Waals surface area contributed by atoms with Gasteiger partial charge in [-0.25, -0.2) is 13.4 Å². The lowest BCUT2D eigenvalue weighted by molar-refractivity contribution is 0.600. The Labute approximate surface area is 128 Å². The number of pyridine rings is 1. The van der Waals surface area contributed by atoms with Gasteiger partial charge in [-0.3, -0.25) is 9.52 Å². The second kappa shape index (κ2) is 5.14. The maximum atomic E-state index is 12.2. The molecule has 21 heavy (non-hydrogen) atoms. The summed E-state index contributed by atoms with van der Waals surface area (Å²) in [5.41, 5.74) is 2.36. The SMILES string of the molecule is O=c1[nH]cc(S(=O)(=O)Nc2ccc3ncsc3c2)cc1Cl. The highest BCUT2D eigenvalue weighted by molar-refractivity contribution is 7.92. The average Bonchev–Trinajstić information content (AvgIpc) is 2.88. The highest BCUT2D eigenvalue weighted by atomic mass is 35.5. The number of nitrogens with one attached hydrogen (secondary N) is 2. The summed E-state index contributed by atoms with van der Waals surface area (Å²) in [5, 5.41) is -0.184. The number of hydrogen-bond acceptors (Lipinski definition) is 5. The zero-order valence-electron chi connectivity index (χ0n) is 10.3. The van der Waals surface area contributed by atoms with Crippen molar-refractivity contribution in [3.63, 3.8) is 0 Å². The van der Waals surface area contributed by atoms with Gasteiger partial charge in [0.05, 0.1) is 21.4 Å². The summed E-state index contributed by atoms with van der Waals surface area (Å²) < 4.78 is 27.8. The number of aromatic nitrogens is 2. The Bertz CT molecular complexity index is 979. The molecule has 0 spiro atoms. The van der Waals surface area contributed by atoms with E-state index >= 15 is 0 Å². The topological polar surface area (TPSA) is 91.9 Å². The zero-order valence-corrected chi connectivity index (χ0v) is 12.7. The Morgan fingerprint density at radius 1 is 1.29 bits per heavy atom. The van der Waals surface area contributed by atoms with Gasteiger partial charge in [0.2, 0.25) is 0 Å². The summed E-state index contributed by atoms with van der Waals surface area (Å²) in [6, 6.07) is 6.14. The first-order valence-corrected chi connectivity index (χ1v) is 8.44. The second-order valence-electron chi connectivity index (χ2n) is 4.15. The van der Waals surface area contributed by atoms with Gasteiger partial charge in [0.25, 0.3) is 15.6 Å². The number of thiazole rings is 1. The lowest BCUT2D eigenvalue weighted by Crippen LogP contribution is -2.16. The van der Waals surface area contributed by atoms with Crippen molar-refractivity contribution in [2.45, 2.75) is 4.90 Å². The summed E-state index contributed by atoms with van der Waals surface area (Å²) >= 11 is 7.06. The van der Waals surface area contributed by atoms with Gasteiger partial charge in [0.15, 0.2) is 0 Å². The molecule has 6 nitrogen and oxygen atoms in total. The maximum Gasteiger partial charge on any atom is 0.266 e. The van der Waals surface area contributed by atoms with Gasteiger partial charge in [-0.15, -0.1) is 11.3 Å². The fraction of sp³-hybridized carbons (Fsp3) is 0. The highest BCUT2D eigenvalue weighted by Gasteiger charge is 2.16. The van der Waals surface area contributed by atoms with Gasteiger partial charge in [-0.05, 0) is 24.3 Å². The molecule has 0 aliphatic carbocycles. The third-order valence-corrected chi connectivity index (χ3v) is 5.16. The molecule has 0 saturated carbocycles. The number of nitrogens with zero attached hydrogens (tertiary/aromatic N) is 1. The van der Waals surface area contributed by atoms with Crippen molar-refractivity contribution in [1.29, 1.82) is 0 Å². The summed E-state index contributed by atoms with van der Waals surface area (Å²) in [6.07, 6.45) is 1.10. The molecule has 0 radical (unpaired) electrons. The second-order valence-corrected chi connectivity index (χ2v) is 7.13. The van der Waals surface area contributed by atoms with Crippen LogP contribution in [0.15, 0.2) is 45.7 Å². The number of H-pyrrole nitrogens is 1. The lowest BCUT2D eigenvalue weighted by atomic mass is 10.3. The summed E-state index contributed by atoms with van der Waals surface area (Å²) in [4.78, 5) is 17.4. The van der Waals surface area contributed by atoms with Gasteiger partial charge in [0, 0.05) is 6.20 Å². The maximum absolute atomic E-state index is 12.2. The molecule has 0 fully saturated rings. The zero-order chi connectivity index (χ0) is 15.0. The molecule has 0 aliphatic heterocycles. The fourth-order valence-corrected chi connectivity index (χ4v) is 3.72. The van der Waals surface area contributed by atoms with Gasteiger partial charge >= 0.3 is 0 Å². The first-order valence-electron chi connectivity index (χ1n) is 5.70. The van der Waals surface area contributed by atoms with E-state index in [9.17, 15) is 13.2 Å². The van der Waals surface area contributed by atoms with Gasteiger partial charge < -0.3 is 4.98 Å². The molecule has 2 heterocycles. The smallest absolute Gasteiger partial charge is 0.266 e. The summed E-state index contributed by atoms with van der Waals surface area (Å²) in [6.45, 7) is 0. The van der Waals surface area contributed by atoms with Crippen LogP contribution in [0, 0.1) is 0 Å². The molecule has 2 aromatic heterocycles. The molecule has 9 heteroatoms. The van der Waals surface area contributed by atoms with Crippen molar-refractivity contribution in [2.75, 3.05) is 4.72 Å². The average molecular weight is 342 g/mol. The minimum absolute atomic E-state index is 0.114. The molecule has 0 saturated heterocycles. The van der Waals surface area contributed by atoms with Crippen LogP contribution in [0.1, 0.15) is 0 Å². The van der Waals surface area contributed by atoms with Crippen molar-refractivity contribution < 1.29 is 8.42 Å². The summed E-state index contributed by atoms with van der Waals surface area (Å²) in [5.74, 6) is 0. The highest BCUT2D eigenvalue weighted by Crippen LogP contribution is 2.23. The van der Waals surface area contributed by atoms with Gasteiger partial charge in [-0.2, -0.15) is 0 Å². The van der Waals surface area contributed by atoms with Crippen molar-refractivity contribution in [3.05, 3.63) is 51.3 Å². The lowest BCUT2D eigenvalue weighted by Gasteiger charge is -2.08. The molecule has 0 bridgehead atoms. The van der Waals surface area contributed by atoms with E-state index < -0.39 is 15.6 Å². The van der Waals surface area contributed by atoms with E-state index in [2.05, 4.69) is 14.7 Å². The van der Waals surface area contributed by atoms with Crippen LogP contribution in [0.25, 0.3) is 10.2 Å². The van der Waals surface area contributed by atoms with Crippen LogP contribution in [0.2, 0.25) is 5.02 Å². The van der Waals surface area contributed by atoms with E-state index in [1.54, 1.807) is 23.7 Å². The Hall–Kier alpha value is -1.90. The largest absolute Gasteiger partial charge is 0.326 e. The molecule has 3 rings (SSSR count). The van der Waals surface area contributed by atoms with Crippen LogP contribution in [-0.2, 0) is 10.0 Å². The fourth-order valence-electron chi connectivity index (χ4n) is 1.73. The molecule has 1 aromatic carbocycles. The molecule has 108 valence electrons. The van der Waals surface area contributed by atoms with Crippen molar-refractivity contribution in [2.24, 2.45) is 0 Å². The summed E-state index contributed by atoms with van der Waals surface area (Å²) in [7, 11) is -3.82. The van der Waals surface area contributed by atoms with Crippen LogP contribution in [-0.4, -0.2) is 18.4 Å². The first kappa shape index (κ1) is 14.1. The van der Waals surface area contributed by atoms with E-state index in [4.69, 9.17) is 11.6 Å². The molecular formula is C12H8ClN3O3S2. The van der Waals surface area contributed by atoms with E-state index in [-0.39, 0.29) is 9.92 Å². The monoisotopic (exact) mass is 341 g/mol. The number of halogens is 1. The Morgan fingerprint density at radius 2 is 2.10 bits per heavy atom. The third kappa shape index (κ3) is 2.78. The number of sulfonamides is 1. The Kier molecular flexibility index (Phi) is 3.44. The van der Waals surface area contributed by atoms with Crippen LogP contribution < -0.4 is 10.3 Å². The molecule has 2 N–H and O–H groups in total. The molecular weight excluding hydrogens is 334 g/mol. The number of hydrogen-bond donors (Lipinski definition) is 2.